The summed E-state index contributed by atoms with van der Waals surface area (Å²) in [6.07, 6.45) is -5.13. The topological polar surface area (TPSA) is 91.0 Å². The number of ether oxygens (including phenoxy) is 3. The van der Waals surface area contributed by atoms with E-state index in [9.17, 15) is 23.1 Å². The molecule has 0 amide bonds. The van der Waals surface area contributed by atoms with Crippen molar-refractivity contribution in [3.05, 3.63) is 17.7 Å². The summed E-state index contributed by atoms with van der Waals surface area (Å²) in [5.41, 5.74) is 1.15. The number of carbonyl (C=O) groups is 1. The number of rotatable bonds is 4. The van der Waals surface area contributed by atoms with Crippen LogP contribution in [0, 0.1) is 0 Å². The summed E-state index contributed by atoms with van der Waals surface area (Å²) < 4.78 is 53.3. The molecule has 0 saturated heterocycles. The van der Waals surface area contributed by atoms with Gasteiger partial charge in [-0.1, -0.05) is 0 Å². The first-order chi connectivity index (χ1) is 9.63. The average molecular weight is 309 g/mol. The van der Waals surface area contributed by atoms with Gasteiger partial charge in [-0.3, -0.25) is 0 Å². The zero-order valence-electron chi connectivity index (χ0n) is 11.4. The monoisotopic (exact) mass is 309 g/mol. The third kappa shape index (κ3) is 2.68. The molecule has 0 fully saturated rings. The largest absolute Gasteiger partial charge is 0.502 e. The van der Waals surface area contributed by atoms with E-state index in [0.29, 0.717) is 0 Å². The summed E-state index contributed by atoms with van der Waals surface area (Å²) in [5, 5.41) is 9.69. The number of phenols is 1. The van der Waals surface area contributed by atoms with Crippen LogP contribution in [0.25, 0.3) is 0 Å². The predicted molar refractivity (Wildman–Crippen MR) is 65.1 cm³/mol. The maximum absolute atomic E-state index is 13.2. The molecule has 1 rings (SSSR count). The van der Waals surface area contributed by atoms with Gasteiger partial charge in [-0.05, 0) is 12.1 Å². The van der Waals surface area contributed by atoms with Crippen molar-refractivity contribution in [3.8, 4) is 17.2 Å². The molecule has 0 bridgehead atoms. The summed E-state index contributed by atoms with van der Waals surface area (Å²) in [6.45, 7) is 0. The Kier molecular flexibility index (Phi) is 4.57. The van der Waals surface area contributed by atoms with Crippen molar-refractivity contribution in [1.29, 1.82) is 0 Å². The number of nitrogens with two attached hydrogens (primary N) is 1. The molecule has 3 N–H and O–H groups in total. The summed E-state index contributed by atoms with van der Waals surface area (Å²) >= 11 is 0. The van der Waals surface area contributed by atoms with Gasteiger partial charge in [0.1, 0.15) is 0 Å². The normalized spacial score (nSPS) is 14.2. The fourth-order valence-electron chi connectivity index (χ4n) is 1.68. The van der Waals surface area contributed by atoms with Crippen LogP contribution in [-0.4, -0.2) is 38.6 Å². The van der Waals surface area contributed by atoms with Crippen molar-refractivity contribution in [2.45, 2.75) is 11.7 Å². The van der Waals surface area contributed by atoms with Crippen LogP contribution in [0.3, 0.4) is 0 Å². The van der Waals surface area contributed by atoms with Crippen LogP contribution < -0.4 is 15.2 Å². The van der Waals surface area contributed by atoms with Crippen LogP contribution in [0.2, 0.25) is 0 Å². The fraction of sp³-hybridized carbons (Fsp3) is 0.417. The smallest absolute Gasteiger partial charge is 0.421 e. The minimum absolute atomic E-state index is 0.327. The Bertz CT molecular complexity index is 521. The molecule has 0 spiro atoms. The van der Waals surface area contributed by atoms with Gasteiger partial charge in [0.2, 0.25) is 11.3 Å². The zero-order chi connectivity index (χ0) is 16.4. The van der Waals surface area contributed by atoms with Gasteiger partial charge in [0.25, 0.3) is 0 Å². The molecule has 0 aromatic heterocycles. The predicted octanol–water partition coefficient (Wildman–Crippen LogP) is 1.30. The van der Waals surface area contributed by atoms with Crippen molar-refractivity contribution >= 4 is 5.97 Å². The van der Waals surface area contributed by atoms with Gasteiger partial charge >= 0.3 is 12.1 Å². The Morgan fingerprint density at radius 1 is 1.14 bits per heavy atom. The lowest BCUT2D eigenvalue weighted by molar-refractivity contribution is -0.206. The van der Waals surface area contributed by atoms with E-state index < -0.39 is 29.0 Å². The molecule has 1 aromatic rings. The van der Waals surface area contributed by atoms with Crippen molar-refractivity contribution in [1.82, 2.24) is 0 Å². The Balaban J connectivity index is 3.64. The van der Waals surface area contributed by atoms with E-state index >= 15 is 0 Å². The number of aromatic hydroxyl groups is 1. The molecule has 118 valence electrons. The highest BCUT2D eigenvalue weighted by Crippen LogP contribution is 2.44. The number of carbonyl (C=O) groups excluding carboxylic acids is 1. The minimum Gasteiger partial charge on any atom is -0.502 e. The molecular weight excluding hydrogens is 295 g/mol. The fourth-order valence-corrected chi connectivity index (χ4v) is 1.68. The van der Waals surface area contributed by atoms with Crippen LogP contribution in [0.5, 0.6) is 17.2 Å². The molecule has 21 heavy (non-hydrogen) atoms. The van der Waals surface area contributed by atoms with E-state index in [2.05, 4.69) is 4.74 Å². The molecule has 0 aliphatic heterocycles. The van der Waals surface area contributed by atoms with Crippen LogP contribution in [-0.2, 0) is 15.1 Å². The second-order valence-corrected chi connectivity index (χ2v) is 4.03. The van der Waals surface area contributed by atoms with Gasteiger partial charge in [-0.25, -0.2) is 4.79 Å². The van der Waals surface area contributed by atoms with E-state index in [1.165, 1.54) is 0 Å². The maximum atomic E-state index is 13.2. The molecule has 0 aliphatic carbocycles. The summed E-state index contributed by atoms with van der Waals surface area (Å²) in [7, 11) is 3.04. The van der Waals surface area contributed by atoms with E-state index in [4.69, 9.17) is 15.2 Å². The van der Waals surface area contributed by atoms with Crippen molar-refractivity contribution in [2.75, 3.05) is 21.3 Å². The van der Waals surface area contributed by atoms with Gasteiger partial charge in [0.15, 0.2) is 11.5 Å². The lowest BCUT2D eigenvalue weighted by Crippen LogP contribution is -2.57. The molecule has 9 heteroatoms. The summed E-state index contributed by atoms with van der Waals surface area (Å²) in [6, 6.07) is 1.59. The average Bonchev–Trinajstić information content (AvgIpc) is 2.44. The zero-order valence-corrected chi connectivity index (χ0v) is 11.4. The van der Waals surface area contributed by atoms with E-state index in [1.54, 1.807) is 0 Å². The van der Waals surface area contributed by atoms with Gasteiger partial charge in [-0.2, -0.15) is 13.2 Å². The lowest BCUT2D eigenvalue weighted by atomic mass is 9.89. The van der Waals surface area contributed by atoms with Crippen molar-refractivity contribution in [3.63, 3.8) is 0 Å². The third-order valence-corrected chi connectivity index (χ3v) is 2.89. The number of methoxy groups -OCH3 is 3. The minimum atomic E-state index is -5.13. The summed E-state index contributed by atoms with van der Waals surface area (Å²) in [5.74, 6) is -2.87. The van der Waals surface area contributed by atoms with Gasteiger partial charge < -0.3 is 25.1 Å². The SMILES string of the molecule is COC(=O)[C@](N)(c1cc(OC)c(O)c(OC)c1)C(F)(F)F. The number of benzene rings is 1. The molecule has 0 heterocycles. The number of hydrogen-bond acceptors (Lipinski definition) is 6. The van der Waals surface area contributed by atoms with Gasteiger partial charge in [0.05, 0.1) is 21.3 Å². The van der Waals surface area contributed by atoms with Crippen LogP contribution in [0.4, 0.5) is 13.2 Å². The number of esters is 1. The maximum Gasteiger partial charge on any atom is 0.421 e. The number of alkyl halides is 3. The van der Waals surface area contributed by atoms with E-state index in [-0.39, 0.29) is 11.5 Å². The van der Waals surface area contributed by atoms with Crippen LogP contribution in [0.15, 0.2) is 12.1 Å². The Labute approximate surface area is 118 Å². The van der Waals surface area contributed by atoms with Gasteiger partial charge in [0, 0.05) is 5.56 Å². The Morgan fingerprint density at radius 3 is 1.86 bits per heavy atom. The first-order valence-corrected chi connectivity index (χ1v) is 5.53. The van der Waals surface area contributed by atoms with Crippen molar-refractivity contribution < 1.29 is 37.3 Å². The van der Waals surface area contributed by atoms with Gasteiger partial charge in [-0.15, -0.1) is 0 Å². The highest BCUT2D eigenvalue weighted by atomic mass is 19.4. The van der Waals surface area contributed by atoms with Crippen LogP contribution in [0.1, 0.15) is 5.56 Å². The number of phenolic OH excluding ortho intramolecular Hbond substituents is 1. The number of halogens is 3. The molecule has 0 saturated carbocycles. The molecule has 0 unspecified atom stereocenters. The first kappa shape index (κ1) is 16.9. The molecule has 0 radical (unpaired) electrons. The third-order valence-electron chi connectivity index (χ3n) is 2.89. The molecule has 1 atom stereocenters. The second-order valence-electron chi connectivity index (χ2n) is 4.03. The molecular formula is C12H14F3NO5. The highest BCUT2D eigenvalue weighted by Gasteiger charge is 2.60. The lowest BCUT2D eigenvalue weighted by Gasteiger charge is -2.29. The second kappa shape index (κ2) is 5.68. The summed E-state index contributed by atoms with van der Waals surface area (Å²) in [4.78, 5) is 11.6. The first-order valence-electron chi connectivity index (χ1n) is 5.53. The Hall–Kier alpha value is -2.16. The van der Waals surface area contributed by atoms with E-state index in [0.717, 1.165) is 33.5 Å². The Morgan fingerprint density at radius 2 is 1.57 bits per heavy atom. The highest BCUT2D eigenvalue weighted by molar-refractivity contribution is 5.84. The molecule has 6 nitrogen and oxygen atoms in total. The van der Waals surface area contributed by atoms with Crippen molar-refractivity contribution in [2.24, 2.45) is 5.73 Å². The molecule has 0 aliphatic rings. The van der Waals surface area contributed by atoms with E-state index in [1.807, 2.05) is 0 Å². The number of hydrogen-bond donors (Lipinski definition) is 2. The quantitative estimate of drug-likeness (QED) is 0.815. The standard InChI is InChI=1S/C12H14F3NO5/c1-19-7-4-6(5-8(20-2)9(7)17)11(16,10(18)21-3)12(13,14)15/h4-5,17H,16H2,1-3H3/t11-/m1/s1. The molecule has 1 aromatic carbocycles. The van der Waals surface area contributed by atoms with Crippen LogP contribution >= 0.6 is 0 Å².